The minimum Gasteiger partial charge on any atom is -0.503 e. The summed E-state index contributed by atoms with van der Waals surface area (Å²) in [4.78, 5) is 26.6. The third-order valence-electron chi connectivity index (χ3n) is 5.02. The van der Waals surface area contributed by atoms with Gasteiger partial charge in [-0.2, -0.15) is 0 Å². The molecular weight excluding hydrogens is 338 g/mol. The third kappa shape index (κ3) is 2.89. The zero-order valence-corrected chi connectivity index (χ0v) is 14.9. The quantitative estimate of drug-likeness (QED) is 0.756. The fraction of sp³-hybridized carbons (Fsp3) is 0.130. The Labute approximate surface area is 157 Å². The Morgan fingerprint density at radius 2 is 1.63 bits per heavy atom. The summed E-state index contributed by atoms with van der Waals surface area (Å²) in [6.07, 6.45) is 0. The van der Waals surface area contributed by atoms with Gasteiger partial charge in [-0.25, -0.2) is 0 Å². The second-order valence-electron chi connectivity index (χ2n) is 6.70. The van der Waals surface area contributed by atoms with E-state index >= 15 is 0 Å². The predicted molar refractivity (Wildman–Crippen MR) is 104 cm³/mol. The number of ketones is 1. The van der Waals surface area contributed by atoms with Crippen LogP contribution in [0.25, 0.3) is 10.8 Å². The van der Waals surface area contributed by atoms with E-state index in [0.717, 1.165) is 21.9 Å². The summed E-state index contributed by atoms with van der Waals surface area (Å²) in [5.74, 6) is -1.26. The number of nitrogens with zero attached hydrogens (tertiary/aromatic N) is 1. The van der Waals surface area contributed by atoms with Gasteiger partial charge < -0.3 is 10.0 Å². The van der Waals surface area contributed by atoms with Crippen LogP contribution >= 0.6 is 0 Å². The SMILES string of the molecule is CC(=O)C1=C(O)C(=O)N(Cc2cccc3ccccc23)C1c1ccccc1. The van der Waals surface area contributed by atoms with E-state index in [1.807, 2.05) is 72.8 Å². The van der Waals surface area contributed by atoms with E-state index in [4.69, 9.17) is 0 Å². The van der Waals surface area contributed by atoms with Gasteiger partial charge in [-0.05, 0) is 28.8 Å². The van der Waals surface area contributed by atoms with Crippen molar-refractivity contribution in [3.05, 3.63) is 95.3 Å². The molecule has 0 spiro atoms. The molecule has 27 heavy (non-hydrogen) atoms. The molecular formula is C23H19NO3. The number of rotatable bonds is 4. The third-order valence-corrected chi connectivity index (χ3v) is 5.02. The first-order valence-electron chi connectivity index (χ1n) is 8.84. The molecule has 0 bridgehead atoms. The van der Waals surface area contributed by atoms with Crippen LogP contribution in [0.3, 0.4) is 0 Å². The average molecular weight is 357 g/mol. The van der Waals surface area contributed by atoms with Crippen molar-refractivity contribution in [3.8, 4) is 0 Å². The number of aliphatic hydroxyl groups is 1. The van der Waals surface area contributed by atoms with E-state index in [-0.39, 0.29) is 11.4 Å². The lowest BCUT2D eigenvalue weighted by molar-refractivity contribution is -0.130. The molecule has 1 amide bonds. The number of hydrogen-bond acceptors (Lipinski definition) is 3. The summed E-state index contributed by atoms with van der Waals surface area (Å²) in [6.45, 7) is 1.69. The van der Waals surface area contributed by atoms with Crippen molar-refractivity contribution in [1.29, 1.82) is 0 Å². The number of Topliss-reactive ketones (excluding diaryl/α,β-unsaturated/α-hetero) is 1. The van der Waals surface area contributed by atoms with Crippen molar-refractivity contribution in [2.45, 2.75) is 19.5 Å². The van der Waals surface area contributed by atoms with Crippen LogP contribution < -0.4 is 0 Å². The number of amides is 1. The maximum atomic E-state index is 12.8. The van der Waals surface area contributed by atoms with Crippen LogP contribution in [0.1, 0.15) is 24.1 Å². The highest BCUT2D eigenvalue weighted by Gasteiger charge is 2.42. The first kappa shape index (κ1) is 17.0. The van der Waals surface area contributed by atoms with Crippen LogP contribution in [0.5, 0.6) is 0 Å². The van der Waals surface area contributed by atoms with Crippen LogP contribution in [-0.4, -0.2) is 21.7 Å². The summed E-state index contributed by atoms with van der Waals surface area (Å²) < 4.78 is 0. The molecule has 0 saturated carbocycles. The molecule has 1 aliphatic rings. The Balaban J connectivity index is 1.81. The number of aliphatic hydroxyl groups excluding tert-OH is 1. The summed E-state index contributed by atoms with van der Waals surface area (Å²) in [5.41, 5.74) is 1.94. The van der Waals surface area contributed by atoms with E-state index in [1.165, 1.54) is 6.92 Å². The van der Waals surface area contributed by atoms with Gasteiger partial charge >= 0.3 is 0 Å². The Hall–Kier alpha value is -3.40. The van der Waals surface area contributed by atoms with E-state index < -0.39 is 17.7 Å². The van der Waals surface area contributed by atoms with Crippen LogP contribution in [0.4, 0.5) is 0 Å². The largest absolute Gasteiger partial charge is 0.503 e. The van der Waals surface area contributed by atoms with Gasteiger partial charge in [0.25, 0.3) is 5.91 Å². The monoisotopic (exact) mass is 357 g/mol. The highest BCUT2D eigenvalue weighted by Crippen LogP contribution is 2.39. The van der Waals surface area contributed by atoms with Crippen molar-refractivity contribution in [3.63, 3.8) is 0 Å². The fourth-order valence-corrected chi connectivity index (χ4v) is 3.77. The zero-order chi connectivity index (χ0) is 19.0. The number of carbonyl (C=O) groups is 2. The van der Waals surface area contributed by atoms with Gasteiger partial charge in [0, 0.05) is 6.54 Å². The van der Waals surface area contributed by atoms with Gasteiger partial charge in [0.15, 0.2) is 11.5 Å². The minimum atomic E-state index is -0.588. The van der Waals surface area contributed by atoms with Crippen LogP contribution in [0.15, 0.2) is 84.1 Å². The van der Waals surface area contributed by atoms with Gasteiger partial charge in [-0.1, -0.05) is 72.8 Å². The molecule has 3 aromatic carbocycles. The lowest BCUT2D eigenvalue weighted by Crippen LogP contribution is -2.30. The molecule has 4 nitrogen and oxygen atoms in total. The van der Waals surface area contributed by atoms with Crippen molar-refractivity contribution in [2.75, 3.05) is 0 Å². The molecule has 1 unspecified atom stereocenters. The fourth-order valence-electron chi connectivity index (χ4n) is 3.77. The number of fused-ring (bicyclic) bond motifs is 1. The molecule has 0 radical (unpaired) electrons. The molecule has 1 N–H and O–H groups in total. The van der Waals surface area contributed by atoms with Crippen LogP contribution in [0, 0.1) is 0 Å². The number of carbonyl (C=O) groups excluding carboxylic acids is 2. The van der Waals surface area contributed by atoms with Gasteiger partial charge in [0.05, 0.1) is 11.6 Å². The lowest BCUT2D eigenvalue weighted by Gasteiger charge is -2.27. The average Bonchev–Trinajstić information content (AvgIpc) is 2.94. The summed E-state index contributed by atoms with van der Waals surface area (Å²) in [6, 6.07) is 22.7. The molecule has 4 heteroatoms. The molecule has 0 aromatic heterocycles. The summed E-state index contributed by atoms with van der Waals surface area (Å²) >= 11 is 0. The molecule has 0 saturated heterocycles. The lowest BCUT2D eigenvalue weighted by atomic mass is 9.96. The maximum Gasteiger partial charge on any atom is 0.290 e. The Kier molecular flexibility index (Phi) is 4.24. The first-order chi connectivity index (χ1) is 13.1. The first-order valence-corrected chi connectivity index (χ1v) is 8.84. The smallest absolute Gasteiger partial charge is 0.290 e. The molecule has 3 aromatic rings. The summed E-state index contributed by atoms with van der Waals surface area (Å²) in [5, 5.41) is 12.5. The van der Waals surface area contributed by atoms with Crippen molar-refractivity contribution >= 4 is 22.5 Å². The number of benzene rings is 3. The molecule has 1 aliphatic heterocycles. The van der Waals surface area contributed by atoms with E-state index in [0.29, 0.717) is 6.54 Å². The molecule has 4 rings (SSSR count). The maximum absolute atomic E-state index is 12.8. The minimum absolute atomic E-state index is 0.159. The second kappa shape index (κ2) is 6.72. The van der Waals surface area contributed by atoms with E-state index in [1.54, 1.807) is 4.90 Å². The van der Waals surface area contributed by atoms with E-state index in [9.17, 15) is 14.7 Å². The predicted octanol–water partition coefficient (Wildman–Crippen LogP) is 4.32. The normalized spacial score (nSPS) is 17.0. The highest BCUT2D eigenvalue weighted by atomic mass is 16.3. The van der Waals surface area contributed by atoms with Gasteiger partial charge in [0.2, 0.25) is 0 Å². The van der Waals surface area contributed by atoms with Gasteiger partial charge in [-0.15, -0.1) is 0 Å². The topological polar surface area (TPSA) is 57.6 Å². The van der Waals surface area contributed by atoms with Crippen molar-refractivity contribution < 1.29 is 14.7 Å². The molecule has 1 heterocycles. The summed E-state index contributed by atoms with van der Waals surface area (Å²) in [7, 11) is 0. The Morgan fingerprint density at radius 1 is 0.963 bits per heavy atom. The van der Waals surface area contributed by atoms with Crippen molar-refractivity contribution in [2.24, 2.45) is 0 Å². The van der Waals surface area contributed by atoms with Crippen LogP contribution in [0.2, 0.25) is 0 Å². The molecule has 134 valence electrons. The van der Waals surface area contributed by atoms with Crippen molar-refractivity contribution in [1.82, 2.24) is 4.90 Å². The Morgan fingerprint density at radius 3 is 2.37 bits per heavy atom. The van der Waals surface area contributed by atoms with Gasteiger partial charge in [-0.3, -0.25) is 9.59 Å². The Bertz CT molecular complexity index is 1060. The molecule has 0 aliphatic carbocycles. The standard InChI is InChI=1S/C23H19NO3/c1-15(25)20-21(17-9-3-2-4-10-17)24(23(27)22(20)26)14-18-12-7-11-16-8-5-6-13-19(16)18/h2-13,21,26H,14H2,1H3. The van der Waals surface area contributed by atoms with E-state index in [2.05, 4.69) is 0 Å². The zero-order valence-electron chi connectivity index (χ0n) is 14.9. The molecule has 1 atom stereocenters. The van der Waals surface area contributed by atoms with Gasteiger partial charge in [0.1, 0.15) is 0 Å². The number of hydrogen-bond donors (Lipinski definition) is 1. The molecule has 0 fully saturated rings. The highest BCUT2D eigenvalue weighted by molar-refractivity contribution is 6.08. The van der Waals surface area contributed by atoms with Crippen LogP contribution in [-0.2, 0) is 16.1 Å². The second-order valence-corrected chi connectivity index (χ2v) is 6.70.